The molecule has 2 nitrogen and oxygen atoms in total. The first-order valence-electron chi connectivity index (χ1n) is 5.95. The first-order valence-corrected chi connectivity index (χ1v) is 6.83. The summed E-state index contributed by atoms with van der Waals surface area (Å²) >= 11 is 1.93. The van der Waals surface area contributed by atoms with E-state index in [2.05, 4.69) is 21.7 Å². The highest BCUT2D eigenvalue weighted by molar-refractivity contribution is 7.10. The highest BCUT2D eigenvalue weighted by Gasteiger charge is 2.24. The van der Waals surface area contributed by atoms with Gasteiger partial charge in [0.1, 0.15) is 0 Å². The Kier molecular flexibility index (Phi) is 2.77. The quantitative estimate of drug-likeness (QED) is 0.823. The van der Waals surface area contributed by atoms with Gasteiger partial charge in [-0.25, -0.2) is 0 Å². The number of thiophene rings is 1. The first-order chi connectivity index (χ1) is 7.43. The number of hydrogen-bond donors (Lipinski definition) is 1. The van der Waals surface area contributed by atoms with Gasteiger partial charge in [0.2, 0.25) is 0 Å². The lowest BCUT2D eigenvalue weighted by Crippen LogP contribution is -2.37. The molecule has 3 heterocycles. The van der Waals surface area contributed by atoms with E-state index in [-0.39, 0.29) is 0 Å². The molecule has 1 fully saturated rings. The van der Waals surface area contributed by atoms with Gasteiger partial charge in [0.15, 0.2) is 0 Å². The summed E-state index contributed by atoms with van der Waals surface area (Å²) in [7, 11) is 0. The Morgan fingerprint density at radius 1 is 1.40 bits per heavy atom. The van der Waals surface area contributed by atoms with Crippen LogP contribution in [0.4, 0.5) is 0 Å². The van der Waals surface area contributed by atoms with Crippen LogP contribution in [-0.4, -0.2) is 31.1 Å². The zero-order valence-corrected chi connectivity index (χ0v) is 9.85. The number of hydrogen-bond acceptors (Lipinski definition) is 3. The van der Waals surface area contributed by atoms with E-state index in [9.17, 15) is 0 Å². The lowest BCUT2D eigenvalue weighted by atomic mass is 10.0. The van der Waals surface area contributed by atoms with Gasteiger partial charge < -0.3 is 10.2 Å². The van der Waals surface area contributed by atoms with Crippen LogP contribution in [0.25, 0.3) is 0 Å². The van der Waals surface area contributed by atoms with Gasteiger partial charge >= 0.3 is 0 Å². The Morgan fingerprint density at radius 2 is 2.27 bits per heavy atom. The molecule has 0 radical (unpaired) electrons. The van der Waals surface area contributed by atoms with Crippen LogP contribution in [0.3, 0.4) is 0 Å². The van der Waals surface area contributed by atoms with Crippen molar-refractivity contribution in [1.29, 1.82) is 0 Å². The van der Waals surface area contributed by atoms with E-state index in [4.69, 9.17) is 0 Å². The standard InChI is InChI=1S/C12H18N2S/c1-2-7-14(6-1)9-11-12-10(3-5-13-11)4-8-15-12/h4,8,11,13H,1-3,5-7,9H2. The van der Waals surface area contributed by atoms with Crippen molar-refractivity contribution >= 4 is 11.3 Å². The van der Waals surface area contributed by atoms with Crippen LogP contribution in [0.2, 0.25) is 0 Å². The zero-order valence-electron chi connectivity index (χ0n) is 9.04. The molecule has 0 amide bonds. The average molecular weight is 222 g/mol. The van der Waals surface area contributed by atoms with Crippen LogP contribution >= 0.6 is 11.3 Å². The molecule has 1 saturated heterocycles. The SMILES string of the molecule is c1cc2c(s1)C(CN1CCCC1)NCC2. The van der Waals surface area contributed by atoms with Crippen molar-refractivity contribution in [2.24, 2.45) is 0 Å². The second-order valence-corrected chi connectivity index (χ2v) is 5.52. The lowest BCUT2D eigenvalue weighted by Gasteiger charge is -2.28. The van der Waals surface area contributed by atoms with Crippen LogP contribution < -0.4 is 5.32 Å². The third-order valence-corrected chi connectivity index (χ3v) is 4.59. The summed E-state index contributed by atoms with van der Waals surface area (Å²) < 4.78 is 0. The Bertz CT molecular complexity index is 328. The Hall–Kier alpha value is -0.380. The van der Waals surface area contributed by atoms with E-state index < -0.39 is 0 Å². The van der Waals surface area contributed by atoms with Gasteiger partial charge in [0.25, 0.3) is 0 Å². The highest BCUT2D eigenvalue weighted by Crippen LogP contribution is 2.29. The minimum absolute atomic E-state index is 0.604. The van der Waals surface area contributed by atoms with Gasteiger partial charge in [-0.3, -0.25) is 0 Å². The Labute approximate surface area is 95.3 Å². The molecule has 3 heteroatoms. The van der Waals surface area contributed by atoms with E-state index in [1.165, 1.54) is 38.9 Å². The van der Waals surface area contributed by atoms with Crippen molar-refractivity contribution < 1.29 is 0 Å². The molecule has 0 aliphatic carbocycles. The monoisotopic (exact) mass is 222 g/mol. The fourth-order valence-electron chi connectivity index (χ4n) is 2.70. The van der Waals surface area contributed by atoms with E-state index in [1.54, 1.807) is 10.4 Å². The molecule has 2 aliphatic heterocycles. The predicted octanol–water partition coefficient (Wildman–Crippen LogP) is 2.03. The van der Waals surface area contributed by atoms with E-state index in [0.29, 0.717) is 6.04 Å². The zero-order chi connectivity index (χ0) is 10.1. The maximum absolute atomic E-state index is 3.66. The number of nitrogens with zero attached hydrogens (tertiary/aromatic N) is 1. The number of rotatable bonds is 2. The average Bonchev–Trinajstić information content (AvgIpc) is 2.87. The maximum Gasteiger partial charge on any atom is 0.0546 e. The summed E-state index contributed by atoms with van der Waals surface area (Å²) in [5, 5.41) is 5.90. The van der Waals surface area contributed by atoms with E-state index in [1.807, 2.05) is 11.3 Å². The van der Waals surface area contributed by atoms with E-state index >= 15 is 0 Å². The molecule has 0 bridgehead atoms. The molecule has 1 N–H and O–H groups in total. The fraction of sp³-hybridized carbons (Fsp3) is 0.667. The molecule has 0 aromatic carbocycles. The van der Waals surface area contributed by atoms with Crippen molar-refractivity contribution in [1.82, 2.24) is 10.2 Å². The van der Waals surface area contributed by atoms with Gasteiger partial charge in [-0.05, 0) is 55.9 Å². The molecule has 1 atom stereocenters. The van der Waals surface area contributed by atoms with Gasteiger partial charge in [-0.2, -0.15) is 0 Å². The molecule has 15 heavy (non-hydrogen) atoms. The van der Waals surface area contributed by atoms with Crippen molar-refractivity contribution in [2.45, 2.75) is 25.3 Å². The van der Waals surface area contributed by atoms with Crippen molar-refractivity contribution in [3.8, 4) is 0 Å². The molecule has 1 aromatic heterocycles. The Balaban J connectivity index is 1.72. The van der Waals surface area contributed by atoms with Crippen LogP contribution in [0, 0.1) is 0 Å². The highest BCUT2D eigenvalue weighted by atomic mass is 32.1. The Morgan fingerprint density at radius 3 is 3.13 bits per heavy atom. The van der Waals surface area contributed by atoms with Crippen molar-refractivity contribution in [2.75, 3.05) is 26.2 Å². The van der Waals surface area contributed by atoms with Crippen LogP contribution in [0.5, 0.6) is 0 Å². The van der Waals surface area contributed by atoms with Gasteiger partial charge in [0, 0.05) is 11.4 Å². The van der Waals surface area contributed by atoms with Crippen molar-refractivity contribution in [3.63, 3.8) is 0 Å². The largest absolute Gasteiger partial charge is 0.308 e. The lowest BCUT2D eigenvalue weighted by molar-refractivity contribution is 0.290. The second kappa shape index (κ2) is 4.24. The molecule has 0 spiro atoms. The summed E-state index contributed by atoms with van der Waals surface area (Å²) in [6, 6.07) is 2.91. The minimum Gasteiger partial charge on any atom is -0.308 e. The summed E-state index contributed by atoms with van der Waals surface area (Å²) in [6.45, 7) is 4.98. The molecule has 3 rings (SSSR count). The maximum atomic E-state index is 3.66. The summed E-state index contributed by atoms with van der Waals surface area (Å²) in [6.07, 6.45) is 4.00. The number of likely N-dealkylation sites (tertiary alicyclic amines) is 1. The minimum atomic E-state index is 0.604. The molecule has 2 aliphatic rings. The summed E-state index contributed by atoms with van der Waals surface area (Å²) in [5.74, 6) is 0. The van der Waals surface area contributed by atoms with Crippen molar-refractivity contribution in [3.05, 3.63) is 21.9 Å². The third-order valence-electron chi connectivity index (χ3n) is 3.52. The fourth-order valence-corrected chi connectivity index (χ4v) is 3.73. The molecule has 82 valence electrons. The molecular weight excluding hydrogens is 204 g/mol. The molecular formula is C12H18N2S. The second-order valence-electron chi connectivity index (χ2n) is 4.57. The topological polar surface area (TPSA) is 15.3 Å². The smallest absolute Gasteiger partial charge is 0.0546 e. The van der Waals surface area contributed by atoms with Crippen LogP contribution in [0.1, 0.15) is 29.3 Å². The summed E-state index contributed by atoms with van der Waals surface area (Å²) in [4.78, 5) is 4.19. The first kappa shape index (κ1) is 9.82. The van der Waals surface area contributed by atoms with Crippen LogP contribution in [0.15, 0.2) is 11.4 Å². The number of nitrogens with one attached hydrogen (secondary N) is 1. The normalized spacial score (nSPS) is 26.8. The molecule has 1 unspecified atom stereocenters. The number of fused-ring (bicyclic) bond motifs is 1. The van der Waals surface area contributed by atoms with Crippen LogP contribution in [-0.2, 0) is 6.42 Å². The molecule has 0 saturated carbocycles. The van der Waals surface area contributed by atoms with Gasteiger partial charge in [-0.15, -0.1) is 11.3 Å². The van der Waals surface area contributed by atoms with E-state index in [0.717, 1.165) is 6.54 Å². The summed E-state index contributed by atoms with van der Waals surface area (Å²) in [5.41, 5.74) is 1.59. The van der Waals surface area contributed by atoms with Gasteiger partial charge in [-0.1, -0.05) is 0 Å². The predicted molar refractivity (Wildman–Crippen MR) is 64.4 cm³/mol. The van der Waals surface area contributed by atoms with Gasteiger partial charge in [0.05, 0.1) is 6.04 Å². The third kappa shape index (κ3) is 1.96. The molecule has 1 aromatic rings.